The average molecular weight is 346 g/mol. The monoisotopic (exact) mass is 346 g/mol. The van der Waals surface area contributed by atoms with E-state index >= 15 is 0 Å². The Balaban J connectivity index is 1.34. The Morgan fingerprint density at radius 2 is 2.24 bits per heavy atom. The number of carbonyl (C=O) groups excluding carboxylic acids is 1. The first-order valence-corrected chi connectivity index (χ1v) is 9.55. The standard InChI is InChI=1S/C20H30N2O3/c1-15(23)17-10-12-22(14-17)20(24)21-11-5-13-25-19-9-4-7-16-6-2-3-8-18(16)19/h2-3,6,8,15,17,19,23H,4-5,7,9-14H2,1H3,(H,21,24)/t15-,17-,19+/m0/s1. The minimum absolute atomic E-state index is 0.0221. The van der Waals surface area contributed by atoms with Gasteiger partial charge in [-0.2, -0.15) is 0 Å². The number of aliphatic hydroxyl groups is 1. The van der Waals surface area contributed by atoms with Crippen LogP contribution in [0.3, 0.4) is 0 Å². The van der Waals surface area contributed by atoms with E-state index in [2.05, 4.69) is 29.6 Å². The van der Waals surface area contributed by atoms with Crippen LogP contribution in [0.25, 0.3) is 0 Å². The molecule has 3 atom stereocenters. The Labute approximate surface area is 150 Å². The van der Waals surface area contributed by atoms with Gasteiger partial charge in [-0.05, 0) is 50.2 Å². The average Bonchev–Trinajstić information content (AvgIpc) is 3.12. The molecule has 2 N–H and O–H groups in total. The molecular weight excluding hydrogens is 316 g/mol. The number of aliphatic hydroxyl groups excluding tert-OH is 1. The lowest BCUT2D eigenvalue weighted by Crippen LogP contribution is -2.39. The van der Waals surface area contributed by atoms with Crippen LogP contribution in [0, 0.1) is 5.92 Å². The molecule has 5 heteroatoms. The van der Waals surface area contributed by atoms with Gasteiger partial charge in [0.15, 0.2) is 0 Å². The summed E-state index contributed by atoms with van der Waals surface area (Å²) < 4.78 is 6.07. The molecular formula is C20H30N2O3. The Hall–Kier alpha value is -1.59. The van der Waals surface area contributed by atoms with Crippen LogP contribution in [0.5, 0.6) is 0 Å². The maximum Gasteiger partial charge on any atom is 0.317 e. The highest BCUT2D eigenvalue weighted by molar-refractivity contribution is 5.74. The smallest absolute Gasteiger partial charge is 0.317 e. The van der Waals surface area contributed by atoms with E-state index < -0.39 is 0 Å². The number of aryl methyl sites for hydroxylation is 1. The normalized spacial score (nSPS) is 24.0. The molecule has 1 saturated heterocycles. The van der Waals surface area contributed by atoms with E-state index in [0.717, 1.165) is 32.2 Å². The number of urea groups is 1. The predicted octanol–water partition coefficient (Wildman–Crippen LogP) is 2.88. The SMILES string of the molecule is C[C@H](O)[C@H]1CCN(C(=O)NCCCO[C@@H]2CCCc3ccccc32)C1. The third-order valence-corrected chi connectivity index (χ3v) is 5.42. The second kappa shape index (κ2) is 8.68. The van der Waals surface area contributed by atoms with Gasteiger partial charge in [0.2, 0.25) is 0 Å². The molecule has 25 heavy (non-hydrogen) atoms. The van der Waals surface area contributed by atoms with Crippen LogP contribution in [0.4, 0.5) is 4.79 Å². The molecule has 1 aromatic rings. The fourth-order valence-electron chi connectivity index (χ4n) is 3.85. The van der Waals surface area contributed by atoms with Gasteiger partial charge in [-0.15, -0.1) is 0 Å². The Morgan fingerprint density at radius 3 is 3.04 bits per heavy atom. The molecule has 2 aliphatic rings. The van der Waals surface area contributed by atoms with E-state index in [1.54, 1.807) is 11.8 Å². The zero-order chi connectivity index (χ0) is 17.6. The number of rotatable bonds is 6. The number of amides is 2. The lowest BCUT2D eigenvalue weighted by molar-refractivity contribution is 0.0395. The summed E-state index contributed by atoms with van der Waals surface area (Å²) in [4.78, 5) is 13.9. The van der Waals surface area contributed by atoms with E-state index in [0.29, 0.717) is 19.7 Å². The second-order valence-corrected chi connectivity index (χ2v) is 7.27. The van der Waals surface area contributed by atoms with Crippen LogP contribution in [-0.4, -0.2) is 48.4 Å². The van der Waals surface area contributed by atoms with Crippen molar-refractivity contribution in [3.05, 3.63) is 35.4 Å². The number of fused-ring (bicyclic) bond motifs is 1. The number of benzene rings is 1. The van der Waals surface area contributed by atoms with Crippen molar-refractivity contribution in [1.82, 2.24) is 10.2 Å². The number of likely N-dealkylation sites (tertiary alicyclic amines) is 1. The van der Waals surface area contributed by atoms with Crippen LogP contribution >= 0.6 is 0 Å². The zero-order valence-electron chi connectivity index (χ0n) is 15.1. The van der Waals surface area contributed by atoms with Gasteiger partial charge in [0.25, 0.3) is 0 Å². The van der Waals surface area contributed by atoms with Crippen LogP contribution in [0.1, 0.15) is 49.8 Å². The quantitative estimate of drug-likeness (QED) is 0.779. The first-order chi connectivity index (χ1) is 12.1. The van der Waals surface area contributed by atoms with E-state index in [1.807, 2.05) is 0 Å². The topological polar surface area (TPSA) is 61.8 Å². The lowest BCUT2D eigenvalue weighted by Gasteiger charge is -2.25. The first kappa shape index (κ1) is 18.2. The number of hydrogen-bond acceptors (Lipinski definition) is 3. The van der Waals surface area contributed by atoms with Gasteiger partial charge in [0.05, 0.1) is 12.2 Å². The summed E-state index contributed by atoms with van der Waals surface area (Å²) >= 11 is 0. The van der Waals surface area contributed by atoms with Gasteiger partial charge in [-0.3, -0.25) is 0 Å². The third-order valence-electron chi connectivity index (χ3n) is 5.42. The van der Waals surface area contributed by atoms with Gasteiger partial charge in [-0.1, -0.05) is 24.3 Å². The molecule has 1 fully saturated rings. The number of nitrogens with zero attached hydrogens (tertiary/aromatic N) is 1. The van der Waals surface area contributed by atoms with Crippen molar-refractivity contribution in [2.75, 3.05) is 26.2 Å². The highest BCUT2D eigenvalue weighted by Crippen LogP contribution is 2.32. The third kappa shape index (κ3) is 4.73. The molecule has 1 aromatic carbocycles. The molecule has 0 bridgehead atoms. The number of hydrogen-bond donors (Lipinski definition) is 2. The number of nitrogens with one attached hydrogen (secondary N) is 1. The molecule has 0 radical (unpaired) electrons. The van der Waals surface area contributed by atoms with Crippen LogP contribution in [-0.2, 0) is 11.2 Å². The molecule has 5 nitrogen and oxygen atoms in total. The summed E-state index contributed by atoms with van der Waals surface area (Å²) in [5.41, 5.74) is 2.74. The van der Waals surface area contributed by atoms with Crippen molar-refractivity contribution in [1.29, 1.82) is 0 Å². The molecule has 1 heterocycles. The maximum atomic E-state index is 12.1. The molecule has 0 unspecified atom stereocenters. The Bertz CT molecular complexity index is 576. The van der Waals surface area contributed by atoms with Gasteiger partial charge in [0, 0.05) is 32.2 Å². The van der Waals surface area contributed by atoms with E-state index in [1.165, 1.54) is 17.5 Å². The second-order valence-electron chi connectivity index (χ2n) is 7.27. The van der Waals surface area contributed by atoms with Crippen molar-refractivity contribution in [2.45, 2.75) is 51.2 Å². The minimum Gasteiger partial charge on any atom is -0.393 e. The summed E-state index contributed by atoms with van der Waals surface area (Å²) in [5, 5.41) is 12.6. The number of ether oxygens (including phenoxy) is 1. The van der Waals surface area contributed by atoms with E-state index in [4.69, 9.17) is 4.74 Å². The maximum absolute atomic E-state index is 12.1. The lowest BCUT2D eigenvalue weighted by atomic mass is 9.89. The van der Waals surface area contributed by atoms with Crippen molar-refractivity contribution in [3.63, 3.8) is 0 Å². The summed E-state index contributed by atoms with van der Waals surface area (Å²) in [6, 6.07) is 8.52. The van der Waals surface area contributed by atoms with Crippen LogP contribution in [0.15, 0.2) is 24.3 Å². The summed E-state index contributed by atoms with van der Waals surface area (Å²) in [5.74, 6) is 0.209. The molecule has 1 aliphatic heterocycles. The fourth-order valence-corrected chi connectivity index (χ4v) is 3.85. The highest BCUT2D eigenvalue weighted by atomic mass is 16.5. The van der Waals surface area contributed by atoms with Gasteiger partial charge in [-0.25, -0.2) is 4.79 Å². The van der Waals surface area contributed by atoms with Gasteiger partial charge >= 0.3 is 6.03 Å². The Kier molecular flexibility index (Phi) is 6.32. The Morgan fingerprint density at radius 1 is 1.40 bits per heavy atom. The van der Waals surface area contributed by atoms with Crippen molar-refractivity contribution < 1.29 is 14.6 Å². The van der Waals surface area contributed by atoms with Crippen LogP contribution < -0.4 is 5.32 Å². The van der Waals surface area contributed by atoms with Gasteiger partial charge < -0.3 is 20.1 Å². The fraction of sp³-hybridized carbons (Fsp3) is 0.650. The first-order valence-electron chi connectivity index (χ1n) is 9.55. The van der Waals surface area contributed by atoms with Crippen LogP contribution in [0.2, 0.25) is 0 Å². The van der Waals surface area contributed by atoms with Crippen molar-refractivity contribution in [2.24, 2.45) is 5.92 Å². The van der Waals surface area contributed by atoms with Crippen molar-refractivity contribution in [3.8, 4) is 0 Å². The summed E-state index contributed by atoms with van der Waals surface area (Å²) in [7, 11) is 0. The molecule has 0 saturated carbocycles. The molecule has 1 aliphatic carbocycles. The molecule has 138 valence electrons. The zero-order valence-corrected chi connectivity index (χ0v) is 15.1. The predicted molar refractivity (Wildman–Crippen MR) is 97.4 cm³/mol. The largest absolute Gasteiger partial charge is 0.393 e. The minimum atomic E-state index is -0.343. The number of carbonyl (C=O) groups is 1. The van der Waals surface area contributed by atoms with E-state index in [9.17, 15) is 9.90 Å². The molecule has 3 rings (SSSR count). The summed E-state index contributed by atoms with van der Waals surface area (Å²) in [6.45, 7) is 4.47. The highest BCUT2D eigenvalue weighted by Gasteiger charge is 2.28. The van der Waals surface area contributed by atoms with E-state index in [-0.39, 0.29) is 24.2 Å². The van der Waals surface area contributed by atoms with Gasteiger partial charge in [0.1, 0.15) is 0 Å². The molecule has 2 amide bonds. The molecule has 0 aromatic heterocycles. The molecule has 0 spiro atoms. The summed E-state index contributed by atoms with van der Waals surface area (Å²) in [6.07, 6.45) is 4.97. The van der Waals surface area contributed by atoms with Crippen molar-refractivity contribution >= 4 is 6.03 Å².